The highest BCUT2D eigenvalue weighted by Gasteiger charge is 2.08. The summed E-state index contributed by atoms with van der Waals surface area (Å²) in [6, 6.07) is 3.63. The van der Waals surface area contributed by atoms with Gasteiger partial charge in [-0.2, -0.15) is 0 Å². The third-order valence-corrected chi connectivity index (χ3v) is 1.93. The number of hydrogen-bond donors (Lipinski definition) is 1. The Labute approximate surface area is 93.4 Å². The molecule has 0 heterocycles. The molecular formula is C11H15F2NO2. The molecule has 0 amide bonds. The van der Waals surface area contributed by atoms with Crippen molar-refractivity contribution in [1.82, 2.24) is 5.32 Å². The minimum Gasteiger partial charge on any atom is -0.486 e. The summed E-state index contributed by atoms with van der Waals surface area (Å²) >= 11 is 0. The van der Waals surface area contributed by atoms with Crippen molar-refractivity contribution < 1.29 is 18.3 Å². The topological polar surface area (TPSA) is 30.5 Å². The maximum Gasteiger partial charge on any atom is 0.190 e. The first-order valence-electron chi connectivity index (χ1n) is 5.02. The summed E-state index contributed by atoms with van der Waals surface area (Å²) < 4.78 is 36.0. The molecule has 0 saturated heterocycles. The number of nitrogens with one attached hydrogen (secondary N) is 1. The summed E-state index contributed by atoms with van der Waals surface area (Å²) in [6.45, 7) is 1.99. The van der Waals surface area contributed by atoms with Crippen LogP contribution < -0.4 is 10.1 Å². The first-order valence-corrected chi connectivity index (χ1v) is 5.02. The lowest BCUT2D eigenvalue weighted by molar-refractivity contribution is 0.196. The van der Waals surface area contributed by atoms with Crippen LogP contribution in [0.25, 0.3) is 0 Å². The Morgan fingerprint density at radius 2 is 1.75 bits per heavy atom. The van der Waals surface area contributed by atoms with Crippen molar-refractivity contribution in [2.45, 2.75) is 0 Å². The molecule has 0 saturated carbocycles. The van der Waals surface area contributed by atoms with Gasteiger partial charge in [0.2, 0.25) is 0 Å². The molecule has 0 aliphatic heterocycles. The van der Waals surface area contributed by atoms with Crippen LogP contribution in [-0.2, 0) is 4.74 Å². The van der Waals surface area contributed by atoms with Crippen molar-refractivity contribution in [3.05, 3.63) is 29.8 Å². The van der Waals surface area contributed by atoms with Crippen LogP contribution in [0.5, 0.6) is 5.75 Å². The van der Waals surface area contributed by atoms with E-state index in [1.807, 2.05) is 0 Å². The fourth-order valence-corrected chi connectivity index (χ4v) is 1.14. The molecule has 5 heteroatoms. The van der Waals surface area contributed by atoms with Crippen LogP contribution in [0.2, 0.25) is 0 Å². The van der Waals surface area contributed by atoms with Gasteiger partial charge in [-0.25, -0.2) is 8.78 Å². The van der Waals surface area contributed by atoms with Crippen molar-refractivity contribution in [2.75, 3.05) is 33.4 Å². The molecule has 0 aliphatic rings. The number of methoxy groups -OCH3 is 1. The second-order valence-electron chi connectivity index (χ2n) is 3.14. The van der Waals surface area contributed by atoms with Gasteiger partial charge in [0.1, 0.15) is 6.61 Å². The molecule has 0 aromatic heterocycles. The summed E-state index contributed by atoms with van der Waals surface area (Å²) in [6.07, 6.45) is 0. The van der Waals surface area contributed by atoms with Gasteiger partial charge in [0, 0.05) is 20.2 Å². The zero-order valence-corrected chi connectivity index (χ0v) is 9.13. The molecule has 1 aromatic rings. The van der Waals surface area contributed by atoms with Crippen molar-refractivity contribution in [3.63, 3.8) is 0 Å². The van der Waals surface area contributed by atoms with E-state index < -0.39 is 11.6 Å². The molecular weight excluding hydrogens is 216 g/mol. The van der Waals surface area contributed by atoms with Crippen molar-refractivity contribution >= 4 is 0 Å². The zero-order valence-electron chi connectivity index (χ0n) is 9.13. The molecule has 1 N–H and O–H groups in total. The summed E-state index contributed by atoms with van der Waals surface area (Å²) in [5, 5.41) is 3.00. The average Bonchev–Trinajstić information content (AvgIpc) is 2.26. The standard InChI is InChI=1S/C11H15F2NO2/c1-15-7-5-14-6-8-16-11-9(12)3-2-4-10(11)13/h2-4,14H,5-8H2,1H3. The number of hydrogen-bond acceptors (Lipinski definition) is 3. The lowest BCUT2D eigenvalue weighted by Crippen LogP contribution is -2.24. The van der Waals surface area contributed by atoms with Gasteiger partial charge < -0.3 is 14.8 Å². The number of ether oxygens (including phenoxy) is 2. The lowest BCUT2D eigenvalue weighted by atomic mass is 10.3. The van der Waals surface area contributed by atoms with E-state index in [-0.39, 0.29) is 12.4 Å². The van der Waals surface area contributed by atoms with E-state index in [0.29, 0.717) is 19.7 Å². The van der Waals surface area contributed by atoms with Crippen LogP contribution in [0, 0.1) is 11.6 Å². The van der Waals surface area contributed by atoms with E-state index in [1.54, 1.807) is 7.11 Å². The fraction of sp³-hybridized carbons (Fsp3) is 0.455. The van der Waals surface area contributed by atoms with Crippen LogP contribution >= 0.6 is 0 Å². The van der Waals surface area contributed by atoms with Gasteiger partial charge in [-0.15, -0.1) is 0 Å². The van der Waals surface area contributed by atoms with E-state index in [9.17, 15) is 8.78 Å². The van der Waals surface area contributed by atoms with Crippen molar-refractivity contribution in [2.24, 2.45) is 0 Å². The Kier molecular flexibility index (Phi) is 5.74. The van der Waals surface area contributed by atoms with Gasteiger partial charge in [-0.3, -0.25) is 0 Å². The molecule has 0 unspecified atom stereocenters. The molecule has 0 fully saturated rings. The molecule has 0 bridgehead atoms. The third kappa shape index (κ3) is 4.12. The zero-order chi connectivity index (χ0) is 11.8. The third-order valence-electron chi connectivity index (χ3n) is 1.93. The van der Waals surface area contributed by atoms with Gasteiger partial charge in [0.25, 0.3) is 0 Å². The average molecular weight is 231 g/mol. The quantitative estimate of drug-likeness (QED) is 0.723. The molecule has 16 heavy (non-hydrogen) atoms. The van der Waals surface area contributed by atoms with E-state index in [1.165, 1.54) is 6.07 Å². The van der Waals surface area contributed by atoms with E-state index in [0.717, 1.165) is 12.1 Å². The molecule has 1 rings (SSSR count). The van der Waals surface area contributed by atoms with Crippen LogP contribution in [0.15, 0.2) is 18.2 Å². The van der Waals surface area contributed by atoms with Crippen LogP contribution in [0.4, 0.5) is 8.78 Å². The van der Waals surface area contributed by atoms with Crippen LogP contribution in [0.3, 0.4) is 0 Å². The smallest absolute Gasteiger partial charge is 0.190 e. The lowest BCUT2D eigenvalue weighted by Gasteiger charge is -2.08. The predicted molar refractivity (Wildman–Crippen MR) is 56.6 cm³/mol. The van der Waals surface area contributed by atoms with Crippen LogP contribution in [-0.4, -0.2) is 33.4 Å². The number of rotatable bonds is 7. The minimum absolute atomic E-state index is 0.210. The Balaban J connectivity index is 2.26. The van der Waals surface area contributed by atoms with E-state index in [2.05, 4.69) is 5.32 Å². The summed E-state index contributed by atoms with van der Waals surface area (Å²) in [5.41, 5.74) is 0. The van der Waals surface area contributed by atoms with E-state index >= 15 is 0 Å². The molecule has 1 aromatic carbocycles. The highest BCUT2D eigenvalue weighted by atomic mass is 19.1. The second-order valence-corrected chi connectivity index (χ2v) is 3.14. The highest BCUT2D eigenvalue weighted by molar-refractivity contribution is 5.25. The first-order chi connectivity index (χ1) is 7.75. The van der Waals surface area contributed by atoms with Gasteiger partial charge in [-0.1, -0.05) is 6.07 Å². The second kappa shape index (κ2) is 7.14. The minimum atomic E-state index is -0.683. The Morgan fingerprint density at radius 3 is 2.38 bits per heavy atom. The first kappa shape index (κ1) is 12.9. The maximum atomic E-state index is 13.1. The Morgan fingerprint density at radius 1 is 1.12 bits per heavy atom. The summed E-state index contributed by atoms with van der Waals surface area (Å²) in [7, 11) is 1.60. The maximum absolute atomic E-state index is 13.1. The number of benzene rings is 1. The van der Waals surface area contributed by atoms with Gasteiger partial charge >= 0.3 is 0 Å². The fourth-order valence-electron chi connectivity index (χ4n) is 1.14. The molecule has 0 radical (unpaired) electrons. The summed E-state index contributed by atoms with van der Waals surface area (Å²) in [5.74, 6) is -1.69. The normalized spacial score (nSPS) is 10.4. The molecule has 0 atom stereocenters. The Bertz CT molecular complexity index is 301. The predicted octanol–water partition coefficient (Wildman–Crippen LogP) is 1.58. The van der Waals surface area contributed by atoms with Gasteiger partial charge in [0.05, 0.1) is 6.61 Å². The number of para-hydroxylation sites is 1. The van der Waals surface area contributed by atoms with Crippen molar-refractivity contribution in [3.8, 4) is 5.75 Å². The largest absolute Gasteiger partial charge is 0.486 e. The number of halogens is 2. The molecule has 0 spiro atoms. The van der Waals surface area contributed by atoms with Crippen molar-refractivity contribution in [1.29, 1.82) is 0 Å². The molecule has 0 aliphatic carbocycles. The SMILES string of the molecule is COCCNCCOc1c(F)cccc1F. The monoisotopic (exact) mass is 231 g/mol. The summed E-state index contributed by atoms with van der Waals surface area (Å²) in [4.78, 5) is 0. The van der Waals surface area contributed by atoms with Crippen LogP contribution in [0.1, 0.15) is 0 Å². The highest BCUT2D eigenvalue weighted by Crippen LogP contribution is 2.20. The molecule has 90 valence electrons. The van der Waals surface area contributed by atoms with Gasteiger partial charge in [0.15, 0.2) is 17.4 Å². The molecule has 3 nitrogen and oxygen atoms in total. The Hall–Kier alpha value is -1.20. The van der Waals surface area contributed by atoms with Gasteiger partial charge in [-0.05, 0) is 12.1 Å². The van der Waals surface area contributed by atoms with E-state index in [4.69, 9.17) is 9.47 Å².